The summed E-state index contributed by atoms with van der Waals surface area (Å²) >= 11 is 0. The maximum absolute atomic E-state index is 9.84. The highest BCUT2D eigenvalue weighted by Crippen LogP contribution is 2.37. The largest absolute Gasteiger partial charge is 0.416 e. The van der Waals surface area contributed by atoms with Gasteiger partial charge in [-0.25, -0.2) is 0 Å². The molecule has 0 fully saturated rings. The third-order valence-electron chi connectivity index (χ3n) is 4.34. The van der Waals surface area contributed by atoms with Gasteiger partial charge in [0.25, 0.3) is 0 Å². The van der Waals surface area contributed by atoms with Crippen LogP contribution in [0.5, 0.6) is 0 Å². The molecule has 0 aliphatic rings. The summed E-state index contributed by atoms with van der Waals surface area (Å²) in [6.07, 6.45) is 0.0381. The van der Waals surface area contributed by atoms with E-state index in [1.165, 1.54) is 0 Å². The molecule has 0 heterocycles. The molecule has 2 unspecified atom stereocenters. The van der Waals surface area contributed by atoms with Crippen molar-refractivity contribution in [1.82, 2.24) is 0 Å². The Hall–Kier alpha value is 0.314. The van der Waals surface area contributed by atoms with Gasteiger partial charge in [0.1, 0.15) is 0 Å². The Morgan fingerprint density at radius 3 is 1.81 bits per heavy atom. The van der Waals surface area contributed by atoms with Gasteiger partial charge in [0.2, 0.25) is 9.04 Å². The molecule has 0 aliphatic carbocycles. The molecule has 1 N–H and O–H groups in total. The van der Waals surface area contributed by atoms with E-state index in [1.54, 1.807) is 0 Å². The molecule has 0 rings (SSSR count). The molecular weight excluding hydrogens is 296 g/mol. The summed E-state index contributed by atoms with van der Waals surface area (Å²) in [6.45, 7) is 22.8. The van der Waals surface area contributed by atoms with Gasteiger partial charge in [-0.2, -0.15) is 0 Å². The monoisotopic (exact) mass is 333 g/mol. The zero-order chi connectivity index (χ0) is 17.1. The highest BCUT2D eigenvalue weighted by Gasteiger charge is 2.40. The molecule has 0 aliphatic heterocycles. The lowest BCUT2D eigenvalue weighted by Gasteiger charge is -2.41. The summed E-state index contributed by atoms with van der Waals surface area (Å²) in [5.41, 5.74) is 0.00608. The zero-order valence-electron chi connectivity index (χ0n) is 15.8. The first-order valence-corrected chi connectivity index (χ1v) is 13.3. The van der Waals surface area contributed by atoms with E-state index in [1.807, 2.05) is 0 Å². The van der Waals surface area contributed by atoms with Crippen LogP contribution in [0.4, 0.5) is 0 Å². The molecule has 3 nitrogen and oxygen atoms in total. The fraction of sp³-hybridized carbons (Fsp3) is 1.00. The van der Waals surface area contributed by atoms with Gasteiger partial charge in [-0.3, -0.25) is 0 Å². The molecule has 0 saturated heterocycles. The lowest BCUT2D eigenvalue weighted by Crippen LogP contribution is -2.47. The average molecular weight is 334 g/mol. The normalized spacial score (nSPS) is 17.1. The second-order valence-electron chi connectivity index (χ2n) is 8.83. The summed E-state index contributed by atoms with van der Waals surface area (Å²) in [6, 6.07) is 0. The molecule has 1 radical (unpaired) electrons. The molecule has 127 valence electrons. The van der Waals surface area contributed by atoms with Crippen molar-refractivity contribution in [2.24, 2.45) is 11.3 Å². The van der Waals surface area contributed by atoms with Crippen LogP contribution in [0.3, 0.4) is 0 Å². The molecule has 0 spiro atoms. The van der Waals surface area contributed by atoms with Crippen molar-refractivity contribution in [3.8, 4) is 0 Å². The predicted octanol–water partition coefficient (Wildman–Crippen LogP) is 4.30. The quantitative estimate of drug-likeness (QED) is 0.706. The van der Waals surface area contributed by atoms with Crippen LogP contribution in [0.2, 0.25) is 31.2 Å². The van der Waals surface area contributed by atoms with Crippen LogP contribution in [0, 0.1) is 11.3 Å². The van der Waals surface area contributed by atoms with Gasteiger partial charge >= 0.3 is 0 Å². The second-order valence-corrected chi connectivity index (χ2v) is 15.7. The van der Waals surface area contributed by atoms with Crippen LogP contribution < -0.4 is 0 Å². The van der Waals surface area contributed by atoms with Crippen molar-refractivity contribution >= 4 is 17.4 Å². The Labute approximate surface area is 135 Å². The van der Waals surface area contributed by atoms with Crippen LogP contribution in [0.15, 0.2) is 0 Å². The Balaban J connectivity index is 4.96. The highest BCUT2D eigenvalue weighted by atomic mass is 28.4. The van der Waals surface area contributed by atoms with E-state index in [4.69, 9.17) is 8.85 Å². The van der Waals surface area contributed by atoms with Crippen molar-refractivity contribution in [3.63, 3.8) is 0 Å². The molecule has 0 aromatic heterocycles. The van der Waals surface area contributed by atoms with Crippen molar-refractivity contribution in [1.29, 1.82) is 0 Å². The Morgan fingerprint density at radius 2 is 1.52 bits per heavy atom. The van der Waals surface area contributed by atoms with Crippen LogP contribution >= 0.6 is 0 Å². The molecule has 21 heavy (non-hydrogen) atoms. The first-order chi connectivity index (χ1) is 9.22. The minimum absolute atomic E-state index is 0.00608. The Bertz CT molecular complexity index is 304. The highest BCUT2D eigenvalue weighted by molar-refractivity contribution is 6.74. The fourth-order valence-corrected chi connectivity index (χ4v) is 4.12. The predicted molar refractivity (Wildman–Crippen MR) is 95.5 cm³/mol. The number of aliphatic hydroxyl groups excluding tert-OH is 1. The van der Waals surface area contributed by atoms with Gasteiger partial charge < -0.3 is 14.0 Å². The van der Waals surface area contributed by atoms with Crippen molar-refractivity contribution in [2.75, 3.05) is 13.2 Å². The third-order valence-corrected chi connectivity index (χ3v) is 9.57. The van der Waals surface area contributed by atoms with Crippen molar-refractivity contribution in [2.45, 2.75) is 78.9 Å². The number of hydrogen-bond acceptors (Lipinski definition) is 3. The second kappa shape index (κ2) is 7.73. The minimum Gasteiger partial charge on any atom is -0.416 e. The van der Waals surface area contributed by atoms with E-state index in [0.717, 1.165) is 0 Å². The molecule has 0 bridgehead atoms. The van der Waals surface area contributed by atoms with Gasteiger partial charge in [-0.1, -0.05) is 41.5 Å². The van der Waals surface area contributed by atoms with Gasteiger partial charge in [0, 0.05) is 12.5 Å². The van der Waals surface area contributed by atoms with Crippen molar-refractivity contribution in [3.05, 3.63) is 0 Å². The van der Waals surface area contributed by atoms with Crippen molar-refractivity contribution < 1.29 is 14.0 Å². The van der Waals surface area contributed by atoms with E-state index in [9.17, 15) is 5.11 Å². The average Bonchev–Trinajstić information content (AvgIpc) is 2.24. The topological polar surface area (TPSA) is 38.7 Å². The lowest BCUT2D eigenvalue weighted by atomic mass is 9.82. The smallest absolute Gasteiger partial charge is 0.205 e. The van der Waals surface area contributed by atoms with E-state index in [0.29, 0.717) is 6.61 Å². The fourth-order valence-electron chi connectivity index (χ4n) is 2.00. The molecule has 0 amide bonds. The van der Waals surface area contributed by atoms with Gasteiger partial charge in [-0.05, 0) is 36.6 Å². The number of aliphatic hydroxyl groups is 1. The van der Waals surface area contributed by atoms with E-state index >= 15 is 0 Å². The molecule has 5 heteroatoms. The SMILES string of the molecule is C[Si](C)OC(C(CO)CO[Si](C)(C)C(C)(C)C)C(C)(C)C. The van der Waals surface area contributed by atoms with E-state index in [-0.39, 0.29) is 29.1 Å². The number of hydrogen-bond donors (Lipinski definition) is 1. The minimum atomic E-state index is -1.79. The molecular formula is C16H37O3Si2. The summed E-state index contributed by atoms with van der Waals surface area (Å²) in [5, 5.41) is 10.0. The van der Waals surface area contributed by atoms with Gasteiger partial charge in [0.15, 0.2) is 8.32 Å². The number of rotatable bonds is 7. The van der Waals surface area contributed by atoms with Gasteiger partial charge in [-0.15, -0.1) is 0 Å². The molecule has 0 aromatic carbocycles. The van der Waals surface area contributed by atoms with Crippen LogP contribution in [-0.2, 0) is 8.85 Å². The first-order valence-electron chi connectivity index (χ1n) is 7.94. The van der Waals surface area contributed by atoms with E-state index < -0.39 is 17.4 Å². The first kappa shape index (κ1) is 21.3. The molecule has 0 aromatic rings. The van der Waals surface area contributed by atoms with Crippen LogP contribution in [0.25, 0.3) is 0 Å². The maximum Gasteiger partial charge on any atom is 0.205 e. The molecule has 2 atom stereocenters. The van der Waals surface area contributed by atoms with E-state index in [2.05, 4.69) is 67.7 Å². The molecule has 0 saturated carbocycles. The Kier molecular flexibility index (Phi) is 7.84. The third kappa shape index (κ3) is 6.95. The van der Waals surface area contributed by atoms with Crippen LogP contribution in [0.1, 0.15) is 41.5 Å². The summed E-state index contributed by atoms with van der Waals surface area (Å²) in [7, 11) is -2.59. The zero-order valence-corrected chi connectivity index (χ0v) is 17.8. The summed E-state index contributed by atoms with van der Waals surface area (Å²) in [4.78, 5) is 0. The summed E-state index contributed by atoms with van der Waals surface area (Å²) in [5.74, 6) is 0.0408. The lowest BCUT2D eigenvalue weighted by molar-refractivity contribution is -0.0129. The van der Waals surface area contributed by atoms with Crippen LogP contribution in [-0.4, -0.2) is 41.8 Å². The standard InChI is InChI=1S/C16H37O3Si2/c1-15(2,3)14(19-20(7)8)13(11-17)12-18-21(9,10)16(4,5)6/h13-14,17H,11-12H2,1-10H3. The maximum atomic E-state index is 9.84. The Morgan fingerprint density at radius 1 is 1.05 bits per heavy atom. The van der Waals surface area contributed by atoms with Gasteiger partial charge in [0.05, 0.1) is 12.7 Å². The summed E-state index contributed by atoms with van der Waals surface area (Å²) < 4.78 is 12.5.